The Labute approximate surface area is 189 Å². The van der Waals surface area contributed by atoms with Crippen LogP contribution in [0.15, 0.2) is 66.7 Å². The molecule has 0 aliphatic carbocycles. The minimum atomic E-state index is -0.216. The van der Waals surface area contributed by atoms with Crippen molar-refractivity contribution >= 4 is 11.7 Å². The molecule has 3 N–H and O–H groups in total. The molecule has 1 fully saturated rings. The maximum absolute atomic E-state index is 13.3. The first-order valence-electron chi connectivity index (χ1n) is 11.4. The van der Waals surface area contributed by atoms with Gasteiger partial charge in [-0.2, -0.15) is 0 Å². The molecule has 5 nitrogen and oxygen atoms in total. The summed E-state index contributed by atoms with van der Waals surface area (Å²) in [6.45, 7) is 6.21. The summed E-state index contributed by atoms with van der Waals surface area (Å²) < 4.78 is 2.28. The van der Waals surface area contributed by atoms with E-state index < -0.39 is 0 Å². The number of rotatable bonds is 7. The number of aromatic nitrogens is 1. The van der Waals surface area contributed by atoms with Crippen LogP contribution < -0.4 is 10.6 Å². The van der Waals surface area contributed by atoms with Crippen molar-refractivity contribution in [3.8, 4) is 0 Å². The van der Waals surface area contributed by atoms with E-state index >= 15 is 0 Å². The van der Waals surface area contributed by atoms with E-state index in [0.717, 1.165) is 42.9 Å². The number of ketones is 1. The average Bonchev–Trinajstić information content (AvgIpc) is 3.10. The second-order valence-corrected chi connectivity index (χ2v) is 8.91. The summed E-state index contributed by atoms with van der Waals surface area (Å²) in [5.41, 5.74) is 10.7. The molecule has 0 bridgehead atoms. The van der Waals surface area contributed by atoms with Crippen LogP contribution >= 0.6 is 0 Å². The summed E-state index contributed by atoms with van der Waals surface area (Å²) in [6.07, 6.45) is 1.53. The second-order valence-electron chi connectivity index (χ2n) is 8.91. The van der Waals surface area contributed by atoms with Crippen molar-refractivity contribution in [1.29, 1.82) is 0 Å². The van der Waals surface area contributed by atoms with E-state index in [1.165, 1.54) is 16.0 Å². The van der Waals surface area contributed by atoms with Crippen molar-refractivity contribution in [2.75, 3.05) is 19.6 Å². The Morgan fingerprint density at radius 1 is 0.969 bits per heavy atom. The van der Waals surface area contributed by atoms with Crippen LogP contribution in [0.5, 0.6) is 0 Å². The van der Waals surface area contributed by atoms with Gasteiger partial charge in [0, 0.05) is 35.7 Å². The summed E-state index contributed by atoms with van der Waals surface area (Å²) in [5.74, 6) is -0.0973. The number of primary amides is 1. The fourth-order valence-electron chi connectivity index (χ4n) is 5.03. The number of quaternary nitrogens is 1. The van der Waals surface area contributed by atoms with E-state index in [2.05, 4.69) is 60.0 Å². The van der Waals surface area contributed by atoms with Crippen LogP contribution in [0.3, 0.4) is 0 Å². The third-order valence-corrected chi connectivity index (χ3v) is 6.78. The molecule has 1 saturated heterocycles. The van der Waals surface area contributed by atoms with Gasteiger partial charge in [-0.15, -0.1) is 0 Å². The normalized spacial score (nSPS) is 18.6. The molecule has 1 aliphatic rings. The van der Waals surface area contributed by atoms with Gasteiger partial charge < -0.3 is 15.2 Å². The summed E-state index contributed by atoms with van der Waals surface area (Å²) >= 11 is 0. The fourth-order valence-corrected chi connectivity index (χ4v) is 5.03. The van der Waals surface area contributed by atoms with Crippen molar-refractivity contribution in [1.82, 2.24) is 4.57 Å². The highest BCUT2D eigenvalue weighted by atomic mass is 16.1. The minimum Gasteiger partial charge on any atom is -0.369 e. The molecule has 2 aromatic carbocycles. The molecule has 5 heteroatoms. The van der Waals surface area contributed by atoms with E-state index in [9.17, 15) is 9.59 Å². The van der Waals surface area contributed by atoms with Gasteiger partial charge in [0.15, 0.2) is 0 Å². The van der Waals surface area contributed by atoms with Gasteiger partial charge in [-0.1, -0.05) is 60.7 Å². The molecule has 0 atom stereocenters. The number of nitrogens with zero attached hydrogens (tertiary/aromatic N) is 1. The van der Waals surface area contributed by atoms with Gasteiger partial charge in [0.2, 0.25) is 11.7 Å². The highest BCUT2D eigenvalue weighted by Gasteiger charge is 2.29. The van der Waals surface area contributed by atoms with Gasteiger partial charge in [0.1, 0.15) is 6.54 Å². The molecular weight excluding hydrogens is 398 g/mol. The molecule has 1 aliphatic heterocycles. The highest BCUT2D eigenvalue weighted by molar-refractivity contribution is 5.98. The van der Waals surface area contributed by atoms with E-state index in [1.54, 1.807) is 0 Å². The third-order valence-electron chi connectivity index (χ3n) is 6.78. The van der Waals surface area contributed by atoms with E-state index in [-0.39, 0.29) is 23.7 Å². The number of aryl methyl sites for hydroxylation is 1. The summed E-state index contributed by atoms with van der Waals surface area (Å²) in [7, 11) is 0. The van der Waals surface area contributed by atoms with Gasteiger partial charge in [-0.25, -0.2) is 0 Å². The largest absolute Gasteiger partial charge is 0.369 e. The highest BCUT2D eigenvalue weighted by Crippen LogP contribution is 2.31. The number of hydrogen-bond donors (Lipinski definition) is 2. The summed E-state index contributed by atoms with van der Waals surface area (Å²) in [5, 5.41) is 0. The first kappa shape index (κ1) is 22.0. The van der Waals surface area contributed by atoms with Crippen LogP contribution in [0.4, 0.5) is 0 Å². The average molecular weight is 431 g/mol. The lowest BCUT2D eigenvalue weighted by molar-refractivity contribution is -0.897. The first-order valence-corrected chi connectivity index (χ1v) is 11.4. The van der Waals surface area contributed by atoms with Crippen LogP contribution in [0.25, 0.3) is 0 Å². The van der Waals surface area contributed by atoms with Crippen molar-refractivity contribution in [3.05, 3.63) is 94.8 Å². The molecule has 32 heavy (non-hydrogen) atoms. The zero-order valence-electron chi connectivity index (χ0n) is 18.9. The molecule has 0 unspecified atom stereocenters. The van der Waals surface area contributed by atoms with E-state index in [0.29, 0.717) is 6.54 Å². The van der Waals surface area contributed by atoms with Gasteiger partial charge >= 0.3 is 0 Å². The van der Waals surface area contributed by atoms with Crippen LogP contribution in [0.2, 0.25) is 0 Å². The van der Waals surface area contributed by atoms with Crippen LogP contribution in [-0.4, -0.2) is 35.9 Å². The number of amides is 1. The molecule has 3 aromatic rings. The molecular formula is C27H32N3O2+. The number of hydrogen-bond acceptors (Lipinski definition) is 2. The monoisotopic (exact) mass is 430 g/mol. The molecule has 2 heterocycles. The number of nitrogens with two attached hydrogens (primary N) is 1. The van der Waals surface area contributed by atoms with Crippen molar-refractivity contribution in [2.45, 2.75) is 32.7 Å². The Morgan fingerprint density at radius 2 is 1.50 bits per heavy atom. The molecule has 1 aromatic heterocycles. The number of piperidine rings is 1. The van der Waals surface area contributed by atoms with Gasteiger partial charge in [0.05, 0.1) is 19.1 Å². The smallest absolute Gasteiger partial charge is 0.220 e. The Balaban J connectivity index is 1.61. The molecule has 0 radical (unpaired) electrons. The number of Topliss-reactive ketones (excluding diaryl/α,β-unsaturated/α-hetero) is 1. The van der Waals surface area contributed by atoms with Crippen LogP contribution in [-0.2, 0) is 4.79 Å². The number of carbonyl (C=O) groups is 2. The predicted octanol–water partition coefficient (Wildman–Crippen LogP) is 2.71. The zero-order valence-corrected chi connectivity index (χ0v) is 18.9. The van der Waals surface area contributed by atoms with Gasteiger partial charge in [-0.3, -0.25) is 9.59 Å². The SMILES string of the molecule is Cc1cc(C(=O)C[NH+]2CCC(C(N)=O)CC2)c(C)n1C(c1ccccc1)c1ccccc1. The standard InChI is InChI=1S/C27H31N3O2/c1-19-17-24(25(31)18-29-15-13-23(14-16-29)27(28)32)20(2)30(19)26(21-9-5-3-6-10-21)22-11-7-4-8-12-22/h3-12,17,23,26H,13-16,18H2,1-2H3,(H2,28,32)/p+1. The Bertz CT molecular complexity index is 1040. The molecule has 4 rings (SSSR count). The fraction of sp³-hybridized carbons (Fsp3) is 0.333. The molecule has 0 saturated carbocycles. The lowest BCUT2D eigenvalue weighted by atomic mass is 9.96. The Kier molecular flexibility index (Phi) is 6.56. The van der Waals surface area contributed by atoms with Crippen molar-refractivity contribution in [2.24, 2.45) is 11.7 Å². The molecule has 166 valence electrons. The molecule has 0 spiro atoms. The number of benzene rings is 2. The van der Waals surface area contributed by atoms with Gasteiger partial charge in [-0.05, 0) is 31.0 Å². The second kappa shape index (κ2) is 9.53. The maximum atomic E-state index is 13.3. The number of nitrogens with one attached hydrogen (secondary N) is 1. The van der Waals surface area contributed by atoms with Crippen LogP contribution in [0, 0.1) is 19.8 Å². The minimum absolute atomic E-state index is 0.0117. The quantitative estimate of drug-likeness (QED) is 0.566. The first-order chi connectivity index (χ1) is 15.5. The van der Waals surface area contributed by atoms with Gasteiger partial charge in [0.25, 0.3) is 0 Å². The van der Waals surface area contributed by atoms with Crippen molar-refractivity contribution < 1.29 is 14.5 Å². The Morgan fingerprint density at radius 3 is 2.00 bits per heavy atom. The number of likely N-dealkylation sites (tertiary alicyclic amines) is 1. The zero-order chi connectivity index (χ0) is 22.7. The molecule has 1 amide bonds. The Hall–Kier alpha value is -3.18. The lowest BCUT2D eigenvalue weighted by Gasteiger charge is -2.27. The van der Waals surface area contributed by atoms with E-state index in [1.807, 2.05) is 25.1 Å². The summed E-state index contributed by atoms with van der Waals surface area (Å²) in [4.78, 5) is 26.0. The van der Waals surface area contributed by atoms with Crippen LogP contribution in [0.1, 0.15) is 51.8 Å². The maximum Gasteiger partial charge on any atom is 0.220 e. The third kappa shape index (κ3) is 4.53. The lowest BCUT2D eigenvalue weighted by Crippen LogP contribution is -3.14. The van der Waals surface area contributed by atoms with E-state index in [4.69, 9.17) is 5.73 Å². The summed E-state index contributed by atoms with van der Waals surface area (Å²) in [6, 6.07) is 22.9. The van der Waals surface area contributed by atoms with Crippen molar-refractivity contribution in [3.63, 3.8) is 0 Å². The number of carbonyl (C=O) groups excluding carboxylic acids is 2. The topological polar surface area (TPSA) is 69.5 Å². The predicted molar refractivity (Wildman–Crippen MR) is 126 cm³/mol.